The lowest BCUT2D eigenvalue weighted by atomic mass is 10.0. The van der Waals surface area contributed by atoms with Gasteiger partial charge >= 0.3 is 6.18 Å². The molecule has 120 valence electrons. The fourth-order valence-electron chi connectivity index (χ4n) is 2.25. The van der Waals surface area contributed by atoms with Gasteiger partial charge in [0.1, 0.15) is 11.9 Å². The normalized spacial score (nSPS) is 20.2. The van der Waals surface area contributed by atoms with Crippen LogP contribution in [-0.2, 0) is 9.59 Å². The maximum Gasteiger partial charge on any atom is 0.412 e. The molecule has 4 nitrogen and oxygen atoms in total. The highest BCUT2D eigenvalue weighted by Crippen LogP contribution is 2.33. The first-order chi connectivity index (χ1) is 10.3. The van der Waals surface area contributed by atoms with Crippen LogP contribution in [0.25, 0.3) is 0 Å². The van der Waals surface area contributed by atoms with E-state index in [1.54, 1.807) is 0 Å². The highest BCUT2D eigenvalue weighted by molar-refractivity contribution is 5.88. The molecule has 2 atom stereocenters. The standard InChI is InChI=1S/C14H14F4N2O2/c15-9-6-4-8(5-7-9)12(14(16,17)18)20-13(22)10-2-1-3-11(21)19-10/h4-7,10,12H,1-3H2,(H,19,21)(H,20,22)/t10-,12+/m1/s1. The van der Waals surface area contributed by atoms with Crippen molar-refractivity contribution in [2.24, 2.45) is 0 Å². The molecule has 0 aliphatic carbocycles. The molecule has 22 heavy (non-hydrogen) atoms. The molecule has 1 saturated heterocycles. The van der Waals surface area contributed by atoms with Crippen molar-refractivity contribution in [3.8, 4) is 0 Å². The van der Waals surface area contributed by atoms with E-state index in [1.165, 1.54) is 0 Å². The summed E-state index contributed by atoms with van der Waals surface area (Å²) >= 11 is 0. The van der Waals surface area contributed by atoms with Crippen LogP contribution in [0.4, 0.5) is 17.6 Å². The van der Waals surface area contributed by atoms with Crippen molar-refractivity contribution < 1.29 is 27.2 Å². The lowest BCUT2D eigenvalue weighted by Gasteiger charge is -2.27. The molecule has 0 unspecified atom stereocenters. The summed E-state index contributed by atoms with van der Waals surface area (Å²) in [6.07, 6.45) is -3.75. The van der Waals surface area contributed by atoms with E-state index in [-0.39, 0.29) is 24.3 Å². The van der Waals surface area contributed by atoms with Crippen LogP contribution in [0.1, 0.15) is 30.9 Å². The van der Waals surface area contributed by atoms with Crippen LogP contribution in [0.3, 0.4) is 0 Å². The monoisotopic (exact) mass is 318 g/mol. The molecule has 0 aromatic heterocycles. The van der Waals surface area contributed by atoms with Gasteiger partial charge in [-0.25, -0.2) is 4.39 Å². The summed E-state index contributed by atoms with van der Waals surface area (Å²) < 4.78 is 52.2. The fraction of sp³-hybridized carbons (Fsp3) is 0.429. The highest BCUT2D eigenvalue weighted by atomic mass is 19.4. The average Bonchev–Trinajstić information content (AvgIpc) is 2.44. The third-order valence-electron chi connectivity index (χ3n) is 3.37. The molecule has 0 radical (unpaired) electrons. The zero-order chi connectivity index (χ0) is 16.3. The second-order valence-corrected chi connectivity index (χ2v) is 5.05. The molecule has 1 aliphatic rings. The van der Waals surface area contributed by atoms with Crippen LogP contribution < -0.4 is 10.6 Å². The quantitative estimate of drug-likeness (QED) is 0.840. The molecule has 2 amide bonds. The Bertz CT molecular complexity index is 557. The maximum absolute atomic E-state index is 13.1. The predicted molar refractivity (Wildman–Crippen MR) is 69.1 cm³/mol. The third-order valence-corrected chi connectivity index (χ3v) is 3.37. The minimum absolute atomic E-state index is 0.254. The van der Waals surface area contributed by atoms with E-state index in [2.05, 4.69) is 5.32 Å². The van der Waals surface area contributed by atoms with Crippen molar-refractivity contribution in [2.75, 3.05) is 0 Å². The summed E-state index contributed by atoms with van der Waals surface area (Å²) in [5, 5.41) is 4.24. The first-order valence-corrected chi connectivity index (χ1v) is 6.69. The van der Waals surface area contributed by atoms with Crippen molar-refractivity contribution in [1.82, 2.24) is 10.6 Å². The molecule has 8 heteroatoms. The Labute approximate surface area is 123 Å². The number of piperidine rings is 1. The summed E-state index contributed by atoms with van der Waals surface area (Å²) in [5.41, 5.74) is -0.274. The van der Waals surface area contributed by atoms with Gasteiger partial charge in [-0.1, -0.05) is 12.1 Å². The van der Waals surface area contributed by atoms with Gasteiger partial charge in [0.15, 0.2) is 6.04 Å². The predicted octanol–water partition coefficient (Wildman–Crippen LogP) is 2.21. The number of benzene rings is 1. The zero-order valence-corrected chi connectivity index (χ0v) is 11.4. The smallest absolute Gasteiger partial charge is 0.344 e. The van der Waals surface area contributed by atoms with E-state index >= 15 is 0 Å². The number of amides is 2. The number of carbonyl (C=O) groups is 2. The van der Waals surface area contributed by atoms with E-state index in [0.29, 0.717) is 6.42 Å². The third kappa shape index (κ3) is 3.96. The van der Waals surface area contributed by atoms with Crippen molar-refractivity contribution in [2.45, 2.75) is 37.5 Å². The number of carbonyl (C=O) groups excluding carboxylic acids is 2. The van der Waals surface area contributed by atoms with Gasteiger partial charge < -0.3 is 10.6 Å². The minimum Gasteiger partial charge on any atom is -0.344 e. The van der Waals surface area contributed by atoms with Crippen LogP contribution in [0.2, 0.25) is 0 Å². The van der Waals surface area contributed by atoms with Gasteiger partial charge in [0, 0.05) is 6.42 Å². The Morgan fingerprint density at radius 3 is 2.45 bits per heavy atom. The number of halogens is 4. The van der Waals surface area contributed by atoms with Gasteiger partial charge in [-0.3, -0.25) is 9.59 Å². The van der Waals surface area contributed by atoms with Crippen LogP contribution in [0.5, 0.6) is 0 Å². The second-order valence-electron chi connectivity index (χ2n) is 5.05. The Hall–Kier alpha value is -2.12. The van der Waals surface area contributed by atoms with Gasteiger partial charge in [-0.2, -0.15) is 13.2 Å². The second kappa shape index (κ2) is 6.33. The topological polar surface area (TPSA) is 58.2 Å². The molecule has 2 N–H and O–H groups in total. The molecule has 1 aliphatic heterocycles. The van der Waals surface area contributed by atoms with Crippen molar-refractivity contribution >= 4 is 11.8 Å². The molecule has 0 bridgehead atoms. The first kappa shape index (κ1) is 16.3. The Balaban J connectivity index is 2.15. The van der Waals surface area contributed by atoms with Crippen molar-refractivity contribution in [3.63, 3.8) is 0 Å². The first-order valence-electron chi connectivity index (χ1n) is 6.69. The summed E-state index contributed by atoms with van der Waals surface area (Å²) in [6, 6.07) is 0.483. The van der Waals surface area contributed by atoms with E-state index in [0.717, 1.165) is 24.3 Å². The Morgan fingerprint density at radius 1 is 1.27 bits per heavy atom. The SMILES string of the molecule is O=C1CCC[C@H](C(=O)N[C@@H](c2ccc(F)cc2)C(F)(F)F)N1. The van der Waals surface area contributed by atoms with Crippen LogP contribution in [0.15, 0.2) is 24.3 Å². The van der Waals surface area contributed by atoms with E-state index in [1.807, 2.05) is 5.32 Å². The number of alkyl halides is 3. The Kier molecular flexibility index (Phi) is 4.68. The van der Waals surface area contributed by atoms with Crippen molar-refractivity contribution in [3.05, 3.63) is 35.6 Å². The average molecular weight is 318 g/mol. The lowest BCUT2D eigenvalue weighted by Crippen LogP contribution is -2.51. The molecule has 1 fully saturated rings. The molecule has 2 rings (SSSR count). The van der Waals surface area contributed by atoms with E-state index in [4.69, 9.17) is 0 Å². The molecule has 1 aromatic carbocycles. The summed E-state index contributed by atoms with van der Waals surface area (Å²) in [5.74, 6) is -1.94. The highest BCUT2D eigenvalue weighted by Gasteiger charge is 2.43. The number of rotatable bonds is 3. The van der Waals surface area contributed by atoms with Gasteiger partial charge in [-0.15, -0.1) is 0 Å². The Morgan fingerprint density at radius 2 is 1.91 bits per heavy atom. The van der Waals surface area contributed by atoms with E-state index in [9.17, 15) is 27.2 Å². The van der Waals surface area contributed by atoms with Gasteiger partial charge in [0.25, 0.3) is 0 Å². The van der Waals surface area contributed by atoms with Crippen molar-refractivity contribution in [1.29, 1.82) is 0 Å². The number of hydrogen-bond donors (Lipinski definition) is 2. The maximum atomic E-state index is 13.1. The summed E-state index contributed by atoms with van der Waals surface area (Å²) in [4.78, 5) is 23.2. The molecule has 0 saturated carbocycles. The zero-order valence-electron chi connectivity index (χ0n) is 11.4. The molecule has 1 heterocycles. The largest absolute Gasteiger partial charge is 0.412 e. The molecular formula is C14H14F4N2O2. The molecule has 1 aromatic rings. The summed E-state index contributed by atoms with van der Waals surface area (Å²) in [6.45, 7) is 0. The van der Waals surface area contributed by atoms with Gasteiger partial charge in [0.05, 0.1) is 0 Å². The van der Waals surface area contributed by atoms with Gasteiger partial charge in [-0.05, 0) is 30.5 Å². The van der Waals surface area contributed by atoms with Crippen LogP contribution >= 0.6 is 0 Å². The van der Waals surface area contributed by atoms with Gasteiger partial charge in [0.2, 0.25) is 11.8 Å². The lowest BCUT2D eigenvalue weighted by molar-refractivity contribution is -0.164. The molecular weight excluding hydrogens is 304 g/mol. The minimum atomic E-state index is -4.73. The summed E-state index contributed by atoms with van der Waals surface area (Å²) in [7, 11) is 0. The number of nitrogens with one attached hydrogen (secondary N) is 2. The van der Waals surface area contributed by atoms with Crippen LogP contribution in [-0.4, -0.2) is 24.0 Å². The van der Waals surface area contributed by atoms with E-state index < -0.39 is 30.0 Å². The molecule has 0 spiro atoms. The fourth-order valence-corrected chi connectivity index (χ4v) is 2.25. The van der Waals surface area contributed by atoms with Crippen LogP contribution in [0, 0.1) is 5.82 Å². The number of hydrogen-bond acceptors (Lipinski definition) is 2.